The summed E-state index contributed by atoms with van der Waals surface area (Å²) in [4.78, 5) is 24.8. The van der Waals surface area contributed by atoms with Gasteiger partial charge in [0.1, 0.15) is 12.2 Å². The number of likely N-dealkylation sites (tertiary alicyclic amines) is 1. The minimum Gasteiger partial charge on any atom is -0.463 e. The number of ether oxygens (including phenoxy) is 2. The van der Waals surface area contributed by atoms with Gasteiger partial charge >= 0.3 is 12.1 Å². The van der Waals surface area contributed by atoms with Gasteiger partial charge in [-0.3, -0.25) is 4.79 Å². The fourth-order valence-electron chi connectivity index (χ4n) is 2.16. The average molecular weight is 227 g/mol. The van der Waals surface area contributed by atoms with E-state index in [4.69, 9.17) is 9.47 Å². The maximum atomic E-state index is 11.8. The number of amides is 1. The smallest absolute Gasteiger partial charge is 0.410 e. The second-order valence-corrected chi connectivity index (χ2v) is 5.27. The number of hydrogen-bond donors (Lipinski definition) is 0. The molecule has 2 rings (SSSR count). The van der Waals surface area contributed by atoms with Gasteiger partial charge in [-0.25, -0.2) is 4.79 Å². The van der Waals surface area contributed by atoms with Crippen LogP contribution in [0.4, 0.5) is 4.79 Å². The summed E-state index contributed by atoms with van der Waals surface area (Å²) < 4.78 is 10.2. The molecular formula is C11H17NO4. The van der Waals surface area contributed by atoms with Crippen LogP contribution in [0.25, 0.3) is 0 Å². The summed E-state index contributed by atoms with van der Waals surface area (Å²) >= 11 is 0. The van der Waals surface area contributed by atoms with Gasteiger partial charge in [0.2, 0.25) is 0 Å². The first-order valence-electron chi connectivity index (χ1n) is 5.55. The standard InChI is InChI=1S/C11H17NO4/c1-11(2,3)16-10(14)12-5-4-7-8(12)6-15-9(7)13/h7-8H,4-6H2,1-3H3/t7-,8-/m1/s1. The molecule has 0 bridgehead atoms. The van der Waals surface area contributed by atoms with E-state index in [2.05, 4.69) is 0 Å². The number of cyclic esters (lactones) is 1. The van der Waals surface area contributed by atoms with Gasteiger partial charge in [0.25, 0.3) is 0 Å². The van der Waals surface area contributed by atoms with Crippen LogP contribution in [0.3, 0.4) is 0 Å². The normalized spacial score (nSPS) is 28.9. The second kappa shape index (κ2) is 3.64. The molecule has 2 atom stereocenters. The highest BCUT2D eigenvalue weighted by molar-refractivity contribution is 5.79. The van der Waals surface area contributed by atoms with E-state index in [0.29, 0.717) is 19.6 Å². The van der Waals surface area contributed by atoms with Crippen LogP contribution < -0.4 is 0 Å². The Morgan fingerprint density at radius 2 is 2.19 bits per heavy atom. The first-order chi connectivity index (χ1) is 7.38. The highest BCUT2D eigenvalue weighted by atomic mass is 16.6. The molecule has 0 radical (unpaired) electrons. The maximum absolute atomic E-state index is 11.8. The Bertz CT molecular complexity index is 320. The van der Waals surface area contributed by atoms with Crippen LogP contribution >= 0.6 is 0 Å². The number of rotatable bonds is 0. The molecule has 0 unspecified atom stereocenters. The Morgan fingerprint density at radius 3 is 2.81 bits per heavy atom. The lowest BCUT2D eigenvalue weighted by Crippen LogP contribution is -2.41. The number of fused-ring (bicyclic) bond motifs is 1. The molecule has 1 amide bonds. The molecule has 2 saturated heterocycles. The van der Waals surface area contributed by atoms with Crippen LogP contribution in [-0.4, -0.2) is 41.8 Å². The Labute approximate surface area is 94.7 Å². The van der Waals surface area contributed by atoms with Gasteiger partial charge in [-0.05, 0) is 27.2 Å². The third-order valence-corrected chi connectivity index (χ3v) is 2.87. The predicted octanol–water partition coefficient (Wildman–Crippen LogP) is 1.17. The summed E-state index contributed by atoms with van der Waals surface area (Å²) in [5.74, 6) is -0.330. The summed E-state index contributed by atoms with van der Waals surface area (Å²) in [5, 5.41) is 0. The van der Waals surface area contributed by atoms with Crippen molar-refractivity contribution < 1.29 is 19.1 Å². The van der Waals surface area contributed by atoms with E-state index in [0.717, 1.165) is 0 Å². The lowest BCUT2D eigenvalue weighted by atomic mass is 10.0. The van der Waals surface area contributed by atoms with Gasteiger partial charge < -0.3 is 14.4 Å². The molecule has 0 aromatic heterocycles. The molecule has 0 N–H and O–H groups in total. The van der Waals surface area contributed by atoms with Crippen LogP contribution in [0.15, 0.2) is 0 Å². The van der Waals surface area contributed by atoms with Crippen molar-refractivity contribution in [1.82, 2.24) is 4.90 Å². The minimum absolute atomic E-state index is 0.123. The molecular weight excluding hydrogens is 210 g/mol. The monoisotopic (exact) mass is 227 g/mol. The summed E-state index contributed by atoms with van der Waals surface area (Å²) in [6, 6.07) is -0.123. The van der Waals surface area contributed by atoms with Crippen LogP contribution in [0.2, 0.25) is 0 Å². The van der Waals surface area contributed by atoms with E-state index in [1.807, 2.05) is 20.8 Å². The van der Waals surface area contributed by atoms with Crippen molar-refractivity contribution in [3.05, 3.63) is 0 Å². The summed E-state index contributed by atoms with van der Waals surface area (Å²) in [6.45, 7) is 6.38. The number of carbonyl (C=O) groups excluding carboxylic acids is 2. The quantitative estimate of drug-likeness (QED) is 0.583. The highest BCUT2D eigenvalue weighted by Gasteiger charge is 2.48. The van der Waals surface area contributed by atoms with Crippen molar-refractivity contribution in [2.45, 2.75) is 38.8 Å². The fraction of sp³-hybridized carbons (Fsp3) is 0.818. The van der Waals surface area contributed by atoms with Crippen molar-refractivity contribution in [2.24, 2.45) is 5.92 Å². The molecule has 0 aliphatic carbocycles. The van der Waals surface area contributed by atoms with Crippen molar-refractivity contribution in [1.29, 1.82) is 0 Å². The van der Waals surface area contributed by atoms with E-state index in [-0.39, 0.29) is 24.0 Å². The molecule has 2 heterocycles. The molecule has 2 fully saturated rings. The third-order valence-electron chi connectivity index (χ3n) is 2.87. The predicted molar refractivity (Wildman–Crippen MR) is 55.8 cm³/mol. The van der Waals surface area contributed by atoms with Gasteiger partial charge in [-0.1, -0.05) is 0 Å². The van der Waals surface area contributed by atoms with Crippen molar-refractivity contribution in [3.8, 4) is 0 Å². The molecule has 16 heavy (non-hydrogen) atoms. The van der Waals surface area contributed by atoms with E-state index >= 15 is 0 Å². The Kier molecular flexibility index (Phi) is 2.56. The van der Waals surface area contributed by atoms with E-state index in [9.17, 15) is 9.59 Å². The van der Waals surface area contributed by atoms with Crippen molar-refractivity contribution >= 4 is 12.1 Å². The van der Waals surface area contributed by atoms with Crippen LogP contribution in [-0.2, 0) is 14.3 Å². The minimum atomic E-state index is -0.501. The Morgan fingerprint density at radius 1 is 1.50 bits per heavy atom. The Balaban J connectivity index is 2.01. The average Bonchev–Trinajstić information content (AvgIpc) is 2.66. The number of carbonyl (C=O) groups is 2. The van der Waals surface area contributed by atoms with Crippen molar-refractivity contribution in [2.75, 3.05) is 13.2 Å². The van der Waals surface area contributed by atoms with E-state index in [1.54, 1.807) is 4.90 Å². The highest BCUT2D eigenvalue weighted by Crippen LogP contribution is 2.31. The van der Waals surface area contributed by atoms with E-state index in [1.165, 1.54) is 0 Å². The molecule has 2 aliphatic rings. The van der Waals surface area contributed by atoms with Crippen molar-refractivity contribution in [3.63, 3.8) is 0 Å². The van der Waals surface area contributed by atoms with Gasteiger partial charge in [0.05, 0.1) is 12.0 Å². The SMILES string of the molecule is CC(C)(C)OC(=O)N1CC[C@H]2C(=O)OC[C@H]21. The molecule has 2 aliphatic heterocycles. The molecule has 0 aromatic carbocycles. The molecule has 0 spiro atoms. The molecule has 0 saturated carbocycles. The van der Waals surface area contributed by atoms with E-state index < -0.39 is 5.60 Å². The molecule has 5 nitrogen and oxygen atoms in total. The molecule has 5 heteroatoms. The molecule has 0 aromatic rings. The van der Waals surface area contributed by atoms with Gasteiger partial charge in [0, 0.05) is 6.54 Å². The zero-order chi connectivity index (χ0) is 11.9. The maximum Gasteiger partial charge on any atom is 0.410 e. The molecule has 90 valence electrons. The van der Waals surface area contributed by atoms with Crippen LogP contribution in [0.5, 0.6) is 0 Å². The largest absolute Gasteiger partial charge is 0.463 e. The topological polar surface area (TPSA) is 55.8 Å². The van der Waals surface area contributed by atoms with Crippen LogP contribution in [0, 0.1) is 5.92 Å². The Hall–Kier alpha value is -1.26. The zero-order valence-electron chi connectivity index (χ0n) is 9.86. The summed E-state index contributed by atoms with van der Waals surface area (Å²) in [6.07, 6.45) is 0.334. The first-order valence-corrected chi connectivity index (χ1v) is 5.55. The fourth-order valence-corrected chi connectivity index (χ4v) is 2.16. The lowest BCUT2D eigenvalue weighted by molar-refractivity contribution is -0.141. The second-order valence-electron chi connectivity index (χ2n) is 5.27. The summed E-state index contributed by atoms with van der Waals surface area (Å²) in [5.41, 5.74) is -0.501. The van der Waals surface area contributed by atoms with Gasteiger partial charge in [-0.2, -0.15) is 0 Å². The van der Waals surface area contributed by atoms with Crippen LogP contribution in [0.1, 0.15) is 27.2 Å². The third kappa shape index (κ3) is 1.99. The van der Waals surface area contributed by atoms with Gasteiger partial charge in [-0.15, -0.1) is 0 Å². The number of nitrogens with zero attached hydrogens (tertiary/aromatic N) is 1. The zero-order valence-corrected chi connectivity index (χ0v) is 9.86. The number of hydrogen-bond acceptors (Lipinski definition) is 4. The lowest BCUT2D eigenvalue weighted by Gasteiger charge is -2.27. The summed E-state index contributed by atoms with van der Waals surface area (Å²) in [7, 11) is 0. The number of esters is 1. The first kappa shape index (κ1) is 11.2. The van der Waals surface area contributed by atoms with Gasteiger partial charge in [0.15, 0.2) is 0 Å².